The molecule has 36 heavy (non-hydrogen) atoms. The number of carbonyl (C=O) groups excluding carboxylic acids is 1. The normalized spacial score (nSPS) is 12.5. The molecule has 9 heteroatoms. The van der Waals surface area contributed by atoms with Crippen LogP contribution in [-0.2, 0) is 0 Å². The monoisotopic (exact) mass is 508 g/mol. The molecule has 2 aromatic heterocycles. The highest BCUT2D eigenvalue weighted by Gasteiger charge is 2.28. The summed E-state index contributed by atoms with van der Waals surface area (Å²) in [6.07, 6.45) is 5.71. The zero-order chi connectivity index (χ0) is 25.9. The summed E-state index contributed by atoms with van der Waals surface area (Å²) < 4.78 is 5.70. The number of halogens is 1. The third kappa shape index (κ3) is 5.67. The fourth-order valence-corrected chi connectivity index (χ4v) is 4.50. The topological polar surface area (TPSA) is 91.3 Å². The Kier molecular flexibility index (Phi) is 7.59. The van der Waals surface area contributed by atoms with Crippen molar-refractivity contribution < 1.29 is 19.4 Å². The highest BCUT2D eigenvalue weighted by Crippen LogP contribution is 2.34. The lowest BCUT2D eigenvalue weighted by Gasteiger charge is -2.31. The number of nitrogens with zero attached hydrogens (tertiary/aromatic N) is 4. The van der Waals surface area contributed by atoms with Gasteiger partial charge in [0.1, 0.15) is 12.3 Å². The minimum atomic E-state index is -0.346. The molecule has 0 fully saturated rings. The van der Waals surface area contributed by atoms with E-state index in [2.05, 4.69) is 15.2 Å². The first-order chi connectivity index (χ1) is 17.2. The molecule has 1 amide bonds. The van der Waals surface area contributed by atoms with E-state index in [4.69, 9.17) is 16.3 Å². The van der Waals surface area contributed by atoms with E-state index >= 15 is 0 Å². The second kappa shape index (κ2) is 10.7. The summed E-state index contributed by atoms with van der Waals surface area (Å²) in [7, 11) is 5.18. The maximum Gasteiger partial charge on any atom is 0.254 e. The van der Waals surface area contributed by atoms with Crippen molar-refractivity contribution in [3.63, 3.8) is 0 Å². The molecular formula is C27H31ClN5O3+. The number of benzene rings is 2. The number of rotatable bonds is 9. The van der Waals surface area contributed by atoms with Crippen LogP contribution in [0.4, 0.5) is 0 Å². The Hall–Kier alpha value is -3.46. The van der Waals surface area contributed by atoms with Crippen molar-refractivity contribution in [1.29, 1.82) is 0 Å². The number of hydroxylamine groups is 3. The molecule has 0 spiro atoms. The number of carbonyl (C=O) groups is 1. The largest absolute Gasteiger partial charge is 0.493 e. The number of aromatic amines is 1. The molecule has 4 aromatic rings. The first-order valence-electron chi connectivity index (χ1n) is 11.8. The molecule has 2 heterocycles. The predicted octanol–water partition coefficient (Wildman–Crippen LogP) is 5.35. The summed E-state index contributed by atoms with van der Waals surface area (Å²) in [6.45, 7) is 2.80. The molecule has 0 radical (unpaired) electrons. The van der Waals surface area contributed by atoms with E-state index in [1.54, 1.807) is 56.8 Å². The molecule has 0 aliphatic rings. The van der Waals surface area contributed by atoms with Crippen LogP contribution in [0.2, 0.25) is 5.02 Å². The van der Waals surface area contributed by atoms with Crippen molar-refractivity contribution in [2.45, 2.75) is 19.4 Å². The number of H-pyrrole nitrogens is 1. The molecule has 0 aliphatic heterocycles. The summed E-state index contributed by atoms with van der Waals surface area (Å²) in [6, 6.07) is 12.7. The number of ether oxygens (including phenoxy) is 1. The summed E-state index contributed by atoms with van der Waals surface area (Å²) >= 11 is 6.20. The van der Waals surface area contributed by atoms with Crippen molar-refractivity contribution in [1.82, 2.24) is 20.1 Å². The van der Waals surface area contributed by atoms with Crippen LogP contribution in [0.15, 0.2) is 61.1 Å². The fraction of sp³-hybridized carbons (Fsp3) is 0.296. The Balaban J connectivity index is 1.71. The van der Waals surface area contributed by atoms with Crippen molar-refractivity contribution >= 4 is 28.4 Å². The summed E-state index contributed by atoms with van der Waals surface area (Å²) in [5, 5.41) is 19.0. The fourth-order valence-electron chi connectivity index (χ4n) is 4.31. The second-order valence-corrected chi connectivity index (χ2v) is 9.72. The van der Waals surface area contributed by atoms with E-state index in [1.807, 2.05) is 37.3 Å². The first kappa shape index (κ1) is 25.6. The molecular weight excluding hydrogens is 478 g/mol. The molecule has 1 atom stereocenters. The van der Waals surface area contributed by atoms with Crippen molar-refractivity contribution in [3.05, 3.63) is 77.2 Å². The van der Waals surface area contributed by atoms with Gasteiger partial charge in [0.05, 0.1) is 38.5 Å². The highest BCUT2D eigenvalue weighted by molar-refractivity contribution is 6.30. The Morgan fingerprint density at radius 3 is 2.72 bits per heavy atom. The molecule has 2 aromatic carbocycles. The van der Waals surface area contributed by atoms with Gasteiger partial charge in [-0.25, -0.2) is 5.21 Å². The van der Waals surface area contributed by atoms with E-state index in [1.165, 1.54) is 0 Å². The smallest absolute Gasteiger partial charge is 0.254 e. The van der Waals surface area contributed by atoms with Crippen LogP contribution in [0.25, 0.3) is 22.0 Å². The third-order valence-electron chi connectivity index (χ3n) is 6.15. The first-order valence-corrected chi connectivity index (χ1v) is 12.2. The van der Waals surface area contributed by atoms with Gasteiger partial charge >= 0.3 is 0 Å². The van der Waals surface area contributed by atoms with Gasteiger partial charge in [0.2, 0.25) is 0 Å². The zero-order valence-corrected chi connectivity index (χ0v) is 21.7. The van der Waals surface area contributed by atoms with Gasteiger partial charge in [-0.1, -0.05) is 23.7 Å². The van der Waals surface area contributed by atoms with Crippen LogP contribution in [0.3, 0.4) is 0 Å². The number of aromatic nitrogens is 3. The Morgan fingerprint density at radius 2 is 2.00 bits per heavy atom. The average Bonchev–Trinajstić information content (AvgIpc) is 3.33. The van der Waals surface area contributed by atoms with Gasteiger partial charge in [-0.3, -0.25) is 14.9 Å². The summed E-state index contributed by atoms with van der Waals surface area (Å²) in [5.74, 6) is 0.444. The second-order valence-electron chi connectivity index (χ2n) is 9.28. The number of hydrogen-bond donors (Lipinski definition) is 2. The van der Waals surface area contributed by atoms with Crippen molar-refractivity contribution in [2.75, 3.05) is 34.3 Å². The Bertz CT molecular complexity index is 1370. The molecule has 8 nitrogen and oxygen atoms in total. The Morgan fingerprint density at radius 1 is 1.19 bits per heavy atom. The average molecular weight is 509 g/mol. The maximum absolute atomic E-state index is 13.8. The van der Waals surface area contributed by atoms with E-state index in [-0.39, 0.29) is 16.6 Å². The summed E-state index contributed by atoms with van der Waals surface area (Å²) in [5.41, 5.74) is 3.94. The number of amides is 1. The van der Waals surface area contributed by atoms with Gasteiger partial charge in [0.15, 0.2) is 0 Å². The van der Waals surface area contributed by atoms with E-state index < -0.39 is 0 Å². The third-order valence-corrected chi connectivity index (χ3v) is 6.38. The molecule has 4 rings (SSSR count). The van der Waals surface area contributed by atoms with Crippen LogP contribution >= 0.6 is 11.6 Å². The van der Waals surface area contributed by atoms with Crippen LogP contribution in [0.1, 0.15) is 35.3 Å². The molecule has 0 saturated heterocycles. The lowest BCUT2D eigenvalue weighted by atomic mass is 9.99. The van der Waals surface area contributed by atoms with Gasteiger partial charge in [0, 0.05) is 53.0 Å². The SMILES string of the molecule is CCOc1cc(C(=O)N(C)C(CC[N+](C)(C)O)c2cncc3cn[nH]c23)ccc1-c1cccc(Cl)c1. The minimum absolute atomic E-state index is 0.168. The molecule has 1 unspecified atom stereocenters. The molecule has 0 saturated carbocycles. The van der Waals surface area contributed by atoms with Gasteiger partial charge in [-0.15, -0.1) is 0 Å². The van der Waals surface area contributed by atoms with Crippen LogP contribution in [0, 0.1) is 0 Å². The van der Waals surface area contributed by atoms with Gasteiger partial charge in [-0.05, 0) is 42.8 Å². The quantitative estimate of drug-likeness (QED) is 0.235. The predicted molar refractivity (Wildman–Crippen MR) is 140 cm³/mol. The number of hydrogen-bond acceptors (Lipinski definition) is 5. The van der Waals surface area contributed by atoms with Crippen molar-refractivity contribution in [3.8, 4) is 16.9 Å². The van der Waals surface area contributed by atoms with Crippen LogP contribution < -0.4 is 4.74 Å². The number of pyridine rings is 1. The molecule has 0 bridgehead atoms. The maximum atomic E-state index is 13.8. The van der Waals surface area contributed by atoms with E-state index in [9.17, 15) is 10.0 Å². The Labute approximate surface area is 215 Å². The zero-order valence-electron chi connectivity index (χ0n) is 20.9. The van der Waals surface area contributed by atoms with Crippen LogP contribution in [0.5, 0.6) is 5.75 Å². The lowest BCUT2D eigenvalue weighted by Crippen LogP contribution is -2.40. The number of nitrogens with one attached hydrogen (secondary N) is 1. The van der Waals surface area contributed by atoms with Crippen molar-refractivity contribution in [2.24, 2.45) is 0 Å². The minimum Gasteiger partial charge on any atom is -0.493 e. The standard InChI is InChI=1S/C27H31ClN5O3/c1-5-36-25-14-19(9-10-22(25)18-7-6-8-21(28)13-18)27(34)32(2)24(11-12-33(3,4)35)23-17-29-15-20-16-30-31-26(20)23/h6-10,13-17,24,35H,5,11-12H2,1-4H3,(H,30,31)/q+1. The molecule has 188 valence electrons. The van der Waals surface area contributed by atoms with Gasteiger partial charge < -0.3 is 9.64 Å². The number of quaternary nitrogens is 1. The van der Waals surface area contributed by atoms with E-state index in [0.717, 1.165) is 27.6 Å². The lowest BCUT2D eigenvalue weighted by molar-refractivity contribution is -1.07. The molecule has 2 N–H and O–H groups in total. The summed E-state index contributed by atoms with van der Waals surface area (Å²) in [4.78, 5) is 19.8. The van der Waals surface area contributed by atoms with Crippen LogP contribution in [-0.4, -0.2) is 70.1 Å². The molecule has 0 aliphatic carbocycles. The highest BCUT2D eigenvalue weighted by atomic mass is 35.5. The van der Waals surface area contributed by atoms with Gasteiger partial charge in [0.25, 0.3) is 5.91 Å². The number of fused-ring (bicyclic) bond motifs is 1. The van der Waals surface area contributed by atoms with E-state index in [0.29, 0.717) is 35.9 Å². The van der Waals surface area contributed by atoms with Gasteiger partial charge in [-0.2, -0.15) is 9.75 Å².